The molecule has 4 aromatic carbocycles. The summed E-state index contributed by atoms with van der Waals surface area (Å²) >= 11 is 17.1. The quantitative estimate of drug-likeness (QED) is 0.138. The number of nitrogens with one attached hydrogen (secondary N) is 1. The Bertz CT molecular complexity index is 1650. The summed E-state index contributed by atoms with van der Waals surface area (Å²) in [7, 11) is 2.01. The Balaban J connectivity index is 1.39. The van der Waals surface area contributed by atoms with Crippen LogP contribution in [0.15, 0.2) is 103 Å². The molecule has 0 aliphatic carbocycles. The lowest BCUT2D eigenvalue weighted by Crippen LogP contribution is -2.46. The van der Waals surface area contributed by atoms with E-state index in [0.29, 0.717) is 6.54 Å². The zero-order valence-electron chi connectivity index (χ0n) is 27.1. The SMILES string of the molecule is C[C@@H]1[C@H](CN(C)[C@@H](C)[C@H](O)c2ccccc2)O[C@H](c2cccc(-c3cccc(CNC(=O)C(Cl)(Cl)Cl)c3)c2)O[C@@H]1c1ccc(CO)cc1. The highest BCUT2D eigenvalue weighted by atomic mass is 35.6. The van der Waals surface area contributed by atoms with Gasteiger partial charge in [-0.25, -0.2) is 0 Å². The maximum Gasteiger partial charge on any atom is 0.272 e. The van der Waals surface area contributed by atoms with Crippen LogP contribution in [-0.4, -0.2) is 50.6 Å². The molecule has 0 saturated carbocycles. The second-order valence-electron chi connectivity index (χ2n) is 12.4. The van der Waals surface area contributed by atoms with E-state index in [1.165, 1.54) is 0 Å². The number of aliphatic hydroxyl groups is 2. The molecule has 0 spiro atoms. The summed E-state index contributed by atoms with van der Waals surface area (Å²) in [5.74, 6) is -0.710. The second kappa shape index (κ2) is 16.2. The molecule has 4 aromatic rings. The topological polar surface area (TPSA) is 91.3 Å². The minimum absolute atomic E-state index is 0.0208. The van der Waals surface area contributed by atoms with Crippen molar-refractivity contribution in [1.82, 2.24) is 10.2 Å². The third kappa shape index (κ3) is 8.97. The van der Waals surface area contributed by atoms with Gasteiger partial charge < -0.3 is 25.0 Å². The summed E-state index contributed by atoms with van der Waals surface area (Å²) in [6.07, 6.45) is -1.83. The molecule has 1 aliphatic heterocycles. The number of carbonyl (C=O) groups excluding carboxylic acids is 1. The van der Waals surface area contributed by atoms with Crippen LogP contribution in [0.2, 0.25) is 0 Å². The van der Waals surface area contributed by atoms with Crippen LogP contribution in [0.5, 0.6) is 0 Å². The third-order valence-corrected chi connectivity index (χ3v) is 9.53. The predicted octanol–water partition coefficient (Wildman–Crippen LogP) is 7.68. The van der Waals surface area contributed by atoms with E-state index < -0.39 is 22.1 Å². The number of aliphatic hydroxyl groups excluding tert-OH is 2. The molecule has 0 unspecified atom stereocenters. The van der Waals surface area contributed by atoms with Gasteiger partial charge in [-0.2, -0.15) is 0 Å². The third-order valence-electron chi connectivity index (χ3n) is 9.01. The molecule has 5 rings (SSSR count). The van der Waals surface area contributed by atoms with Gasteiger partial charge in [0, 0.05) is 30.6 Å². The highest BCUT2D eigenvalue weighted by Gasteiger charge is 2.39. The Morgan fingerprint density at radius 3 is 2.21 bits per heavy atom. The maximum atomic E-state index is 12.1. The van der Waals surface area contributed by atoms with Crippen molar-refractivity contribution in [2.45, 2.75) is 61.4 Å². The Morgan fingerprint density at radius 1 is 0.875 bits per heavy atom. The Labute approximate surface area is 297 Å². The minimum atomic E-state index is -2.03. The van der Waals surface area contributed by atoms with Crippen molar-refractivity contribution in [1.29, 1.82) is 0 Å². The number of halogens is 3. The van der Waals surface area contributed by atoms with Gasteiger partial charge >= 0.3 is 0 Å². The number of nitrogens with zero attached hydrogens (tertiary/aromatic N) is 1. The average molecular weight is 712 g/mol. The molecule has 1 heterocycles. The van der Waals surface area contributed by atoms with E-state index in [1.807, 2.05) is 117 Å². The summed E-state index contributed by atoms with van der Waals surface area (Å²) in [4.78, 5) is 14.2. The first-order valence-electron chi connectivity index (χ1n) is 15.9. The number of hydrogen-bond acceptors (Lipinski definition) is 6. The number of amides is 1. The van der Waals surface area contributed by atoms with E-state index in [-0.39, 0.29) is 37.3 Å². The molecule has 1 aliphatic rings. The van der Waals surface area contributed by atoms with Crippen LogP contribution in [0.3, 0.4) is 0 Å². The Morgan fingerprint density at radius 2 is 1.54 bits per heavy atom. The van der Waals surface area contributed by atoms with E-state index in [9.17, 15) is 15.0 Å². The van der Waals surface area contributed by atoms with Crippen LogP contribution in [0, 0.1) is 5.92 Å². The predicted molar refractivity (Wildman–Crippen MR) is 190 cm³/mol. The van der Waals surface area contributed by atoms with Crippen LogP contribution < -0.4 is 5.32 Å². The number of benzene rings is 4. The molecule has 0 aromatic heterocycles. The first-order valence-corrected chi connectivity index (χ1v) is 17.1. The fourth-order valence-corrected chi connectivity index (χ4v) is 6.16. The first-order chi connectivity index (χ1) is 22.9. The number of ether oxygens (including phenoxy) is 2. The monoisotopic (exact) mass is 710 g/mol. The minimum Gasteiger partial charge on any atom is -0.392 e. The number of carbonyl (C=O) groups is 1. The van der Waals surface area contributed by atoms with E-state index in [1.54, 1.807) is 0 Å². The van der Waals surface area contributed by atoms with Gasteiger partial charge in [0.05, 0.1) is 24.9 Å². The van der Waals surface area contributed by atoms with Crippen LogP contribution >= 0.6 is 34.8 Å². The van der Waals surface area contributed by atoms with Gasteiger partial charge in [-0.15, -0.1) is 0 Å². The van der Waals surface area contributed by atoms with Gasteiger partial charge in [-0.1, -0.05) is 133 Å². The highest BCUT2D eigenvalue weighted by molar-refractivity contribution is 6.76. The molecule has 3 N–H and O–H groups in total. The fraction of sp³-hybridized carbons (Fsp3) is 0.342. The van der Waals surface area contributed by atoms with Crippen molar-refractivity contribution in [3.63, 3.8) is 0 Å². The molecule has 0 radical (unpaired) electrons. The van der Waals surface area contributed by atoms with Gasteiger partial charge in [0.25, 0.3) is 9.70 Å². The van der Waals surface area contributed by atoms with Crippen LogP contribution in [0.1, 0.15) is 60.2 Å². The summed E-state index contributed by atoms with van der Waals surface area (Å²) < 4.78 is 11.4. The molecular weight excluding hydrogens is 671 g/mol. The molecule has 1 fully saturated rings. The summed E-state index contributed by atoms with van der Waals surface area (Å²) in [5, 5.41) is 23.4. The lowest BCUT2D eigenvalue weighted by Gasteiger charge is -2.43. The van der Waals surface area contributed by atoms with Crippen LogP contribution in [0.4, 0.5) is 0 Å². The normalized spacial score (nSPS) is 21.1. The molecule has 10 heteroatoms. The largest absolute Gasteiger partial charge is 0.392 e. The van der Waals surface area contributed by atoms with Gasteiger partial charge in [0.2, 0.25) is 0 Å². The smallest absolute Gasteiger partial charge is 0.272 e. The molecular formula is C38H41Cl3N2O5. The molecule has 6 atom stereocenters. The van der Waals surface area contributed by atoms with Crippen molar-refractivity contribution >= 4 is 40.7 Å². The molecule has 7 nitrogen and oxygen atoms in total. The molecule has 254 valence electrons. The lowest BCUT2D eigenvalue weighted by atomic mass is 9.89. The van der Waals surface area contributed by atoms with Crippen LogP contribution in [0.25, 0.3) is 11.1 Å². The van der Waals surface area contributed by atoms with Crippen molar-refractivity contribution in [3.8, 4) is 11.1 Å². The van der Waals surface area contributed by atoms with Gasteiger partial charge in [0.15, 0.2) is 6.29 Å². The fourth-order valence-electron chi connectivity index (χ4n) is 5.96. The summed E-state index contributed by atoms with van der Waals surface area (Å²) in [6.45, 7) is 4.89. The molecule has 1 saturated heterocycles. The van der Waals surface area contributed by atoms with E-state index in [4.69, 9.17) is 44.3 Å². The van der Waals surface area contributed by atoms with E-state index in [2.05, 4.69) is 17.1 Å². The van der Waals surface area contributed by atoms with E-state index in [0.717, 1.165) is 38.9 Å². The number of alkyl halides is 3. The average Bonchev–Trinajstić information content (AvgIpc) is 3.11. The number of hydrogen-bond donors (Lipinski definition) is 3. The van der Waals surface area contributed by atoms with Crippen molar-refractivity contribution in [2.75, 3.05) is 13.6 Å². The molecule has 0 bridgehead atoms. The molecule has 1 amide bonds. The zero-order valence-corrected chi connectivity index (χ0v) is 29.4. The maximum absolute atomic E-state index is 12.1. The van der Waals surface area contributed by atoms with Gasteiger partial charge in [-0.05, 0) is 59.5 Å². The summed E-state index contributed by atoms with van der Waals surface area (Å²) in [6, 6.07) is 33.1. The second-order valence-corrected chi connectivity index (χ2v) is 14.6. The van der Waals surface area contributed by atoms with Gasteiger partial charge in [0.1, 0.15) is 0 Å². The Hall–Kier alpha value is -2.98. The highest BCUT2D eigenvalue weighted by Crippen LogP contribution is 2.42. The van der Waals surface area contributed by atoms with Crippen molar-refractivity contribution in [2.24, 2.45) is 5.92 Å². The number of likely N-dealkylation sites (N-methyl/N-ethyl adjacent to an activating group) is 1. The van der Waals surface area contributed by atoms with Crippen molar-refractivity contribution < 1.29 is 24.5 Å². The first kappa shape index (κ1) is 36.3. The van der Waals surface area contributed by atoms with E-state index >= 15 is 0 Å². The number of rotatable bonds is 11. The lowest BCUT2D eigenvalue weighted by molar-refractivity contribution is -0.276. The standard InChI is InChI=1S/C38H41Cl3N2O5/c1-24-33(22-43(3)25(2)34(45)28-10-5-4-6-11-28)47-36(48-35(24)29-17-15-26(23-44)16-18-29)32-14-8-13-31(20-32)30-12-7-9-27(19-30)21-42-37(46)38(39,40)41/h4-20,24-25,33-36,44-45H,21-23H2,1-3H3,(H,42,46)/t24-,25+,33+,34+,35+,36+/m1/s1. The van der Waals surface area contributed by atoms with Gasteiger partial charge in [-0.3, -0.25) is 9.69 Å². The van der Waals surface area contributed by atoms with Crippen molar-refractivity contribution in [3.05, 3.63) is 131 Å². The Kier molecular flexibility index (Phi) is 12.2. The summed E-state index contributed by atoms with van der Waals surface area (Å²) in [5.41, 5.74) is 6.29. The zero-order chi connectivity index (χ0) is 34.4. The molecule has 48 heavy (non-hydrogen) atoms. The van der Waals surface area contributed by atoms with Crippen LogP contribution in [-0.2, 0) is 27.4 Å².